The van der Waals surface area contributed by atoms with Crippen molar-refractivity contribution in [3.63, 3.8) is 0 Å². The Bertz CT molecular complexity index is 416. The van der Waals surface area contributed by atoms with Gasteiger partial charge in [-0.2, -0.15) is 0 Å². The van der Waals surface area contributed by atoms with Crippen molar-refractivity contribution in [1.82, 2.24) is 0 Å². The first-order chi connectivity index (χ1) is 7.03. The van der Waals surface area contributed by atoms with Crippen LogP contribution in [0.2, 0.25) is 0 Å². The number of hydrogen-bond donors (Lipinski definition) is 2. The number of rotatable bonds is 5. The average molecular weight is 231 g/mol. The predicted octanol–water partition coefficient (Wildman–Crippen LogP) is 0.780. The van der Waals surface area contributed by atoms with Gasteiger partial charge in [0.2, 0.25) is 10.0 Å². The number of ether oxygens (including phenoxy) is 1. The second-order valence-electron chi connectivity index (χ2n) is 2.96. The summed E-state index contributed by atoms with van der Waals surface area (Å²) in [5.41, 5.74) is 0.339. The van der Waals surface area contributed by atoms with Gasteiger partial charge in [-0.05, 0) is 12.1 Å². The second-order valence-corrected chi connectivity index (χ2v) is 4.81. The van der Waals surface area contributed by atoms with Crippen LogP contribution in [0.3, 0.4) is 0 Å². The molecule has 0 unspecified atom stereocenters. The molecule has 0 saturated heterocycles. The molecule has 1 aromatic rings. The lowest BCUT2D eigenvalue weighted by molar-refractivity contribution is 0.217. The van der Waals surface area contributed by atoms with E-state index in [2.05, 4.69) is 9.46 Å². The van der Waals surface area contributed by atoms with Crippen molar-refractivity contribution in [2.75, 3.05) is 24.2 Å². The van der Waals surface area contributed by atoms with Crippen LogP contribution in [0.1, 0.15) is 0 Å². The molecule has 0 aliphatic rings. The van der Waals surface area contributed by atoms with Gasteiger partial charge in [0, 0.05) is 13.2 Å². The first-order valence-corrected chi connectivity index (χ1v) is 5.97. The molecule has 1 aromatic carbocycles. The summed E-state index contributed by atoms with van der Waals surface area (Å²) in [6.07, 6.45) is 0. The van der Waals surface area contributed by atoms with Gasteiger partial charge in [-0.3, -0.25) is 4.72 Å². The van der Waals surface area contributed by atoms with Gasteiger partial charge in [0.15, 0.2) is 0 Å². The molecule has 0 saturated carbocycles. The molecule has 0 spiro atoms. The summed E-state index contributed by atoms with van der Waals surface area (Å²) in [4.78, 5) is 0. The van der Waals surface area contributed by atoms with E-state index >= 15 is 0 Å². The molecule has 1 rings (SSSR count). The highest BCUT2D eigenvalue weighted by Crippen LogP contribution is 2.16. The van der Waals surface area contributed by atoms with Crippen molar-refractivity contribution in [3.8, 4) is 5.75 Å². The maximum Gasteiger partial charge on any atom is 0.235 e. The first-order valence-electron chi connectivity index (χ1n) is 4.32. The van der Waals surface area contributed by atoms with Gasteiger partial charge in [-0.15, -0.1) is 0 Å². The van der Waals surface area contributed by atoms with Gasteiger partial charge in [0.1, 0.15) is 5.75 Å². The molecule has 0 atom stereocenters. The fraction of sp³-hybridized carbons (Fsp3) is 0.333. The first kappa shape index (κ1) is 11.8. The molecule has 0 radical (unpaired) electrons. The highest BCUT2D eigenvalue weighted by molar-refractivity contribution is 7.92. The lowest BCUT2D eigenvalue weighted by Gasteiger charge is -2.07. The molecular weight excluding hydrogens is 218 g/mol. The Labute approximate surface area is 88.7 Å². The molecule has 0 aliphatic carbocycles. The standard InChI is InChI=1S/C9H13NO4S/c1-14-5-6-15(12,13)10-8-3-2-4-9(11)7-8/h2-4,7,10-11H,5-6H2,1H3. The van der Waals surface area contributed by atoms with Crippen molar-refractivity contribution in [2.24, 2.45) is 0 Å². The minimum atomic E-state index is -3.40. The van der Waals surface area contributed by atoms with E-state index in [1.54, 1.807) is 12.1 Å². The summed E-state index contributed by atoms with van der Waals surface area (Å²) in [7, 11) is -1.97. The third-order valence-corrected chi connectivity index (χ3v) is 2.93. The number of anilines is 1. The summed E-state index contributed by atoms with van der Waals surface area (Å²) < 4.78 is 29.8. The zero-order chi connectivity index (χ0) is 11.3. The largest absolute Gasteiger partial charge is 0.508 e. The zero-order valence-corrected chi connectivity index (χ0v) is 9.12. The summed E-state index contributed by atoms with van der Waals surface area (Å²) in [6, 6.07) is 5.92. The Hall–Kier alpha value is -1.27. The minimum absolute atomic E-state index is 0.0157. The predicted molar refractivity (Wildman–Crippen MR) is 57.4 cm³/mol. The van der Waals surface area contributed by atoms with Crippen molar-refractivity contribution >= 4 is 15.7 Å². The number of methoxy groups -OCH3 is 1. The molecule has 2 N–H and O–H groups in total. The van der Waals surface area contributed by atoms with Gasteiger partial charge in [0.05, 0.1) is 18.0 Å². The lowest BCUT2D eigenvalue weighted by Crippen LogP contribution is -2.19. The highest BCUT2D eigenvalue weighted by Gasteiger charge is 2.09. The molecule has 5 nitrogen and oxygen atoms in total. The minimum Gasteiger partial charge on any atom is -0.508 e. The van der Waals surface area contributed by atoms with Gasteiger partial charge < -0.3 is 9.84 Å². The fourth-order valence-corrected chi connectivity index (χ4v) is 1.97. The summed E-state index contributed by atoms with van der Waals surface area (Å²) in [5, 5.41) is 9.13. The van der Waals surface area contributed by atoms with Gasteiger partial charge >= 0.3 is 0 Å². The Balaban J connectivity index is 2.69. The van der Waals surface area contributed by atoms with Crippen molar-refractivity contribution in [2.45, 2.75) is 0 Å². The normalized spacial score (nSPS) is 11.3. The summed E-state index contributed by atoms with van der Waals surface area (Å²) in [6.45, 7) is 0.133. The smallest absolute Gasteiger partial charge is 0.235 e. The number of phenols is 1. The monoisotopic (exact) mass is 231 g/mol. The molecule has 0 aliphatic heterocycles. The topological polar surface area (TPSA) is 75.6 Å². The Kier molecular flexibility index (Phi) is 3.93. The molecule has 0 heterocycles. The number of benzene rings is 1. The van der Waals surface area contributed by atoms with Gasteiger partial charge in [-0.1, -0.05) is 6.07 Å². The molecule has 84 valence electrons. The van der Waals surface area contributed by atoms with Crippen LogP contribution < -0.4 is 4.72 Å². The van der Waals surface area contributed by atoms with E-state index in [1.165, 1.54) is 19.2 Å². The third kappa shape index (κ3) is 4.18. The van der Waals surface area contributed by atoms with Gasteiger partial charge in [-0.25, -0.2) is 8.42 Å². The number of hydrogen-bond acceptors (Lipinski definition) is 4. The number of sulfonamides is 1. The average Bonchev–Trinajstić information content (AvgIpc) is 2.14. The van der Waals surface area contributed by atoms with Crippen LogP contribution in [0.25, 0.3) is 0 Å². The fourth-order valence-electron chi connectivity index (χ4n) is 0.993. The molecule has 0 bridgehead atoms. The van der Waals surface area contributed by atoms with E-state index in [9.17, 15) is 8.42 Å². The lowest BCUT2D eigenvalue weighted by atomic mass is 10.3. The van der Waals surface area contributed by atoms with Crippen LogP contribution in [-0.2, 0) is 14.8 Å². The molecule has 6 heteroatoms. The van der Waals surface area contributed by atoms with Crippen LogP contribution in [-0.4, -0.2) is 33.0 Å². The number of phenolic OH excluding ortho intramolecular Hbond substituents is 1. The quantitative estimate of drug-likeness (QED) is 0.785. The molecule has 15 heavy (non-hydrogen) atoms. The maximum absolute atomic E-state index is 11.4. The third-order valence-electron chi connectivity index (χ3n) is 1.68. The Morgan fingerprint density at radius 1 is 1.47 bits per heavy atom. The van der Waals surface area contributed by atoms with E-state index in [1.807, 2.05) is 0 Å². The van der Waals surface area contributed by atoms with E-state index in [0.717, 1.165) is 0 Å². The van der Waals surface area contributed by atoms with Crippen molar-refractivity contribution < 1.29 is 18.3 Å². The SMILES string of the molecule is COCCS(=O)(=O)Nc1cccc(O)c1. The van der Waals surface area contributed by atoms with Crippen LogP contribution in [0.15, 0.2) is 24.3 Å². The van der Waals surface area contributed by atoms with Crippen LogP contribution in [0.4, 0.5) is 5.69 Å². The summed E-state index contributed by atoms with van der Waals surface area (Å²) in [5.74, 6) is -0.0963. The van der Waals surface area contributed by atoms with Crippen LogP contribution >= 0.6 is 0 Å². The Morgan fingerprint density at radius 3 is 2.80 bits per heavy atom. The number of aromatic hydroxyl groups is 1. The van der Waals surface area contributed by atoms with Crippen molar-refractivity contribution in [1.29, 1.82) is 0 Å². The molecule has 0 amide bonds. The second kappa shape index (κ2) is 4.99. The maximum atomic E-state index is 11.4. The summed E-state index contributed by atoms with van der Waals surface area (Å²) >= 11 is 0. The van der Waals surface area contributed by atoms with E-state index in [4.69, 9.17) is 5.11 Å². The zero-order valence-electron chi connectivity index (χ0n) is 8.30. The van der Waals surface area contributed by atoms with Crippen molar-refractivity contribution in [3.05, 3.63) is 24.3 Å². The van der Waals surface area contributed by atoms with Crippen LogP contribution in [0.5, 0.6) is 5.75 Å². The highest BCUT2D eigenvalue weighted by atomic mass is 32.2. The molecule has 0 fully saturated rings. The van der Waals surface area contributed by atoms with E-state index in [0.29, 0.717) is 5.69 Å². The molecule has 0 aromatic heterocycles. The molecular formula is C9H13NO4S. The Morgan fingerprint density at radius 2 is 2.20 bits per heavy atom. The van der Waals surface area contributed by atoms with Crippen LogP contribution in [0, 0.1) is 0 Å². The number of nitrogens with one attached hydrogen (secondary N) is 1. The van der Waals surface area contributed by atoms with Gasteiger partial charge in [0.25, 0.3) is 0 Å². The van der Waals surface area contributed by atoms with E-state index < -0.39 is 10.0 Å². The van der Waals surface area contributed by atoms with E-state index in [-0.39, 0.29) is 18.1 Å².